The molecule has 2 N–H and O–H groups in total. The molecular weight excluding hydrogens is 280 g/mol. The molecule has 0 bridgehead atoms. The Labute approximate surface area is 118 Å². The Morgan fingerprint density at radius 2 is 2.25 bits per heavy atom. The van der Waals surface area contributed by atoms with Crippen LogP contribution in [-0.2, 0) is 0 Å². The Morgan fingerprint density at radius 3 is 2.85 bits per heavy atom. The zero-order chi connectivity index (χ0) is 14.7. The Kier molecular flexibility index (Phi) is 3.94. The summed E-state index contributed by atoms with van der Waals surface area (Å²) < 4.78 is 0. The van der Waals surface area contributed by atoms with Crippen molar-refractivity contribution in [2.75, 3.05) is 5.43 Å². The van der Waals surface area contributed by atoms with Crippen LogP contribution in [0.2, 0.25) is 0 Å². The standard InChI is InChI=1S/C12H12N4O3S/c1-7-8(2)20-12(14-7)15-13-6-9-5-10(16(18)19)3-4-11(9)17/h3-6,17H,1-2H3,(H,14,15)/b13-6-. The molecule has 0 atom stereocenters. The lowest BCUT2D eigenvalue weighted by Crippen LogP contribution is -1.93. The van der Waals surface area contributed by atoms with E-state index in [1.165, 1.54) is 35.8 Å². The Balaban J connectivity index is 2.14. The monoisotopic (exact) mass is 292 g/mol. The maximum absolute atomic E-state index is 10.7. The van der Waals surface area contributed by atoms with Crippen LogP contribution in [0.15, 0.2) is 23.3 Å². The minimum Gasteiger partial charge on any atom is -0.507 e. The lowest BCUT2D eigenvalue weighted by atomic mass is 10.2. The highest BCUT2D eigenvalue weighted by atomic mass is 32.1. The van der Waals surface area contributed by atoms with Crippen molar-refractivity contribution in [3.63, 3.8) is 0 Å². The molecule has 0 fully saturated rings. The minimum atomic E-state index is -0.530. The van der Waals surface area contributed by atoms with Gasteiger partial charge in [0.2, 0.25) is 5.13 Å². The molecule has 0 saturated carbocycles. The summed E-state index contributed by atoms with van der Waals surface area (Å²) >= 11 is 1.46. The van der Waals surface area contributed by atoms with Crippen molar-refractivity contribution < 1.29 is 10.0 Å². The van der Waals surface area contributed by atoms with Gasteiger partial charge in [-0.1, -0.05) is 0 Å². The van der Waals surface area contributed by atoms with Crippen molar-refractivity contribution in [3.05, 3.63) is 44.4 Å². The molecular formula is C12H12N4O3S. The van der Waals surface area contributed by atoms with Gasteiger partial charge in [-0.3, -0.25) is 15.5 Å². The molecule has 1 heterocycles. The molecule has 0 aliphatic rings. The third-order valence-electron chi connectivity index (χ3n) is 2.61. The predicted octanol–water partition coefficient (Wildman–Crippen LogP) is 2.82. The summed E-state index contributed by atoms with van der Waals surface area (Å²) in [5, 5.41) is 24.8. The van der Waals surface area contributed by atoms with Crippen molar-refractivity contribution in [2.24, 2.45) is 5.10 Å². The second kappa shape index (κ2) is 5.66. The quantitative estimate of drug-likeness (QED) is 0.512. The maximum atomic E-state index is 10.7. The van der Waals surface area contributed by atoms with E-state index >= 15 is 0 Å². The van der Waals surface area contributed by atoms with Gasteiger partial charge in [0.05, 0.1) is 16.8 Å². The minimum absolute atomic E-state index is 0.0763. The number of nitrogens with one attached hydrogen (secondary N) is 1. The number of hydrogen-bond acceptors (Lipinski definition) is 7. The molecule has 20 heavy (non-hydrogen) atoms. The van der Waals surface area contributed by atoms with E-state index in [1.807, 2.05) is 13.8 Å². The average Bonchev–Trinajstić information content (AvgIpc) is 2.70. The number of aromatic hydroxyl groups is 1. The summed E-state index contributed by atoms with van der Waals surface area (Å²) in [7, 11) is 0. The number of aryl methyl sites for hydroxylation is 2. The summed E-state index contributed by atoms with van der Waals surface area (Å²) in [4.78, 5) is 15.4. The number of benzene rings is 1. The van der Waals surface area contributed by atoms with Crippen molar-refractivity contribution >= 4 is 28.4 Å². The van der Waals surface area contributed by atoms with Crippen molar-refractivity contribution in [2.45, 2.75) is 13.8 Å². The van der Waals surface area contributed by atoms with Gasteiger partial charge in [0.1, 0.15) is 5.75 Å². The number of thiazole rings is 1. The largest absolute Gasteiger partial charge is 0.507 e. The van der Waals surface area contributed by atoms with Crippen LogP contribution in [-0.4, -0.2) is 21.2 Å². The SMILES string of the molecule is Cc1nc(N/N=C\c2cc([N+](=O)[O-])ccc2O)sc1C. The molecule has 0 amide bonds. The van der Waals surface area contributed by atoms with Gasteiger partial charge in [-0.15, -0.1) is 11.3 Å². The molecule has 0 spiro atoms. The Morgan fingerprint density at radius 1 is 1.50 bits per heavy atom. The first-order chi connectivity index (χ1) is 9.47. The van der Waals surface area contributed by atoms with Gasteiger partial charge in [0, 0.05) is 22.6 Å². The molecule has 7 nitrogen and oxygen atoms in total. The number of hydrogen-bond donors (Lipinski definition) is 2. The summed E-state index contributed by atoms with van der Waals surface area (Å²) in [6.45, 7) is 3.85. The summed E-state index contributed by atoms with van der Waals surface area (Å²) in [5.41, 5.74) is 3.80. The fourth-order valence-electron chi connectivity index (χ4n) is 1.44. The summed E-state index contributed by atoms with van der Waals surface area (Å²) in [6.07, 6.45) is 1.31. The number of hydrazone groups is 1. The van der Waals surface area contributed by atoms with Crippen LogP contribution in [0, 0.1) is 24.0 Å². The van der Waals surface area contributed by atoms with Crippen molar-refractivity contribution in [3.8, 4) is 5.75 Å². The van der Waals surface area contributed by atoms with Gasteiger partial charge in [-0.05, 0) is 19.9 Å². The van der Waals surface area contributed by atoms with Gasteiger partial charge >= 0.3 is 0 Å². The van der Waals surface area contributed by atoms with Gasteiger partial charge in [0.25, 0.3) is 5.69 Å². The highest BCUT2D eigenvalue weighted by Gasteiger charge is 2.08. The molecule has 0 aliphatic heterocycles. The molecule has 2 aromatic rings. The van der Waals surface area contributed by atoms with Gasteiger partial charge in [-0.25, -0.2) is 4.98 Å². The van der Waals surface area contributed by atoms with Crippen LogP contribution in [0.25, 0.3) is 0 Å². The molecule has 0 saturated heterocycles. The van der Waals surface area contributed by atoms with E-state index in [0.717, 1.165) is 10.6 Å². The summed E-state index contributed by atoms with van der Waals surface area (Å²) in [6, 6.07) is 3.74. The number of aromatic nitrogens is 1. The first-order valence-electron chi connectivity index (χ1n) is 5.68. The van der Waals surface area contributed by atoms with Crippen molar-refractivity contribution in [1.29, 1.82) is 0 Å². The lowest BCUT2D eigenvalue weighted by Gasteiger charge is -1.98. The van der Waals surface area contributed by atoms with E-state index in [-0.39, 0.29) is 17.0 Å². The summed E-state index contributed by atoms with van der Waals surface area (Å²) in [5.74, 6) is -0.0763. The van der Waals surface area contributed by atoms with E-state index in [9.17, 15) is 15.2 Å². The first-order valence-corrected chi connectivity index (χ1v) is 6.49. The third kappa shape index (κ3) is 3.09. The lowest BCUT2D eigenvalue weighted by molar-refractivity contribution is -0.384. The fraction of sp³-hybridized carbons (Fsp3) is 0.167. The van der Waals surface area contributed by atoms with E-state index < -0.39 is 4.92 Å². The average molecular weight is 292 g/mol. The van der Waals surface area contributed by atoms with Crippen LogP contribution in [0.5, 0.6) is 5.75 Å². The van der Waals surface area contributed by atoms with Crippen LogP contribution < -0.4 is 5.43 Å². The second-order valence-corrected chi connectivity index (χ2v) is 5.23. The number of nitro benzene ring substituents is 1. The van der Waals surface area contributed by atoms with Crippen LogP contribution in [0.3, 0.4) is 0 Å². The highest BCUT2D eigenvalue weighted by Crippen LogP contribution is 2.22. The highest BCUT2D eigenvalue weighted by molar-refractivity contribution is 7.15. The van der Waals surface area contributed by atoms with E-state index in [2.05, 4.69) is 15.5 Å². The molecule has 2 rings (SSSR count). The fourth-order valence-corrected chi connectivity index (χ4v) is 2.20. The molecule has 0 unspecified atom stereocenters. The number of phenolic OH excluding ortho intramolecular Hbond substituents is 1. The van der Waals surface area contributed by atoms with Gasteiger partial charge in [-0.2, -0.15) is 5.10 Å². The van der Waals surface area contributed by atoms with Crippen LogP contribution in [0.1, 0.15) is 16.1 Å². The number of non-ortho nitro benzene ring substituents is 1. The number of nitro groups is 1. The first kappa shape index (κ1) is 13.9. The molecule has 1 aromatic heterocycles. The Bertz CT molecular complexity index is 662. The zero-order valence-corrected chi connectivity index (χ0v) is 11.6. The molecule has 0 radical (unpaired) electrons. The molecule has 8 heteroatoms. The van der Waals surface area contributed by atoms with Crippen LogP contribution >= 0.6 is 11.3 Å². The van der Waals surface area contributed by atoms with Gasteiger partial charge < -0.3 is 5.11 Å². The molecule has 1 aromatic carbocycles. The maximum Gasteiger partial charge on any atom is 0.270 e. The Hall–Kier alpha value is -2.48. The number of anilines is 1. The number of phenols is 1. The second-order valence-electron chi connectivity index (χ2n) is 4.03. The number of rotatable bonds is 4. The van der Waals surface area contributed by atoms with Gasteiger partial charge in [0.15, 0.2) is 0 Å². The van der Waals surface area contributed by atoms with E-state index in [0.29, 0.717) is 5.13 Å². The predicted molar refractivity (Wildman–Crippen MR) is 77.6 cm³/mol. The smallest absolute Gasteiger partial charge is 0.270 e. The topological polar surface area (TPSA) is 101 Å². The number of nitrogens with zero attached hydrogens (tertiary/aromatic N) is 3. The van der Waals surface area contributed by atoms with Crippen LogP contribution in [0.4, 0.5) is 10.8 Å². The molecule has 104 valence electrons. The van der Waals surface area contributed by atoms with E-state index in [4.69, 9.17) is 0 Å². The molecule has 0 aliphatic carbocycles. The zero-order valence-electron chi connectivity index (χ0n) is 10.8. The van der Waals surface area contributed by atoms with E-state index in [1.54, 1.807) is 0 Å². The normalized spacial score (nSPS) is 10.9. The third-order valence-corrected chi connectivity index (χ3v) is 3.59. The van der Waals surface area contributed by atoms with Crippen molar-refractivity contribution in [1.82, 2.24) is 4.98 Å².